The van der Waals surface area contributed by atoms with Gasteiger partial charge in [-0.2, -0.15) is 0 Å². The number of para-hydroxylation sites is 1. The van der Waals surface area contributed by atoms with Crippen LogP contribution in [-0.4, -0.2) is 30.6 Å². The third-order valence-electron chi connectivity index (χ3n) is 4.21. The summed E-state index contributed by atoms with van der Waals surface area (Å²) in [6, 6.07) is 13.8. The zero-order valence-electron chi connectivity index (χ0n) is 12.2. The summed E-state index contributed by atoms with van der Waals surface area (Å²) >= 11 is 0. The Morgan fingerprint density at radius 2 is 1.77 bits per heavy atom. The van der Waals surface area contributed by atoms with Gasteiger partial charge in [-0.3, -0.25) is 4.79 Å². The monoisotopic (exact) mass is 295 g/mol. The van der Waals surface area contributed by atoms with Crippen LogP contribution in [0.2, 0.25) is 0 Å². The van der Waals surface area contributed by atoms with E-state index in [-0.39, 0.29) is 5.91 Å². The van der Waals surface area contributed by atoms with Gasteiger partial charge in [0.2, 0.25) is 0 Å². The number of hydrogen-bond acceptors (Lipinski definition) is 3. The molecule has 0 unspecified atom stereocenters. The van der Waals surface area contributed by atoms with Crippen LogP contribution >= 0.6 is 0 Å². The Kier molecular flexibility index (Phi) is 3.22. The van der Waals surface area contributed by atoms with E-state index in [1.165, 1.54) is 11.1 Å². The molecule has 4 nitrogen and oxygen atoms in total. The number of fused-ring (bicyclic) bond motifs is 2. The second-order valence-electron chi connectivity index (χ2n) is 5.58. The molecule has 0 saturated heterocycles. The summed E-state index contributed by atoms with van der Waals surface area (Å²) in [4.78, 5) is 14.8. The van der Waals surface area contributed by atoms with Gasteiger partial charge in [0.05, 0.1) is 5.56 Å². The molecule has 112 valence electrons. The first-order valence-corrected chi connectivity index (χ1v) is 7.57. The van der Waals surface area contributed by atoms with Crippen LogP contribution in [0.4, 0.5) is 0 Å². The largest absolute Gasteiger partial charge is 0.486 e. The highest BCUT2D eigenvalue weighted by molar-refractivity contribution is 5.98. The third kappa shape index (κ3) is 2.21. The highest BCUT2D eigenvalue weighted by Gasteiger charge is 2.26. The SMILES string of the molecule is O=C(c1cccc2c1OCCO2)N1CCc2ccccc2C1. The second-order valence-corrected chi connectivity index (χ2v) is 5.58. The maximum Gasteiger partial charge on any atom is 0.258 e. The van der Waals surface area contributed by atoms with Gasteiger partial charge in [-0.05, 0) is 29.7 Å². The van der Waals surface area contributed by atoms with E-state index in [9.17, 15) is 4.79 Å². The van der Waals surface area contributed by atoms with Crippen LogP contribution in [0.15, 0.2) is 42.5 Å². The Balaban J connectivity index is 1.63. The van der Waals surface area contributed by atoms with Gasteiger partial charge in [0, 0.05) is 13.1 Å². The van der Waals surface area contributed by atoms with Crippen molar-refractivity contribution < 1.29 is 14.3 Å². The van der Waals surface area contributed by atoms with Crippen LogP contribution < -0.4 is 9.47 Å². The molecule has 2 aliphatic rings. The molecule has 22 heavy (non-hydrogen) atoms. The molecule has 2 heterocycles. The van der Waals surface area contributed by atoms with E-state index in [0.717, 1.165) is 13.0 Å². The lowest BCUT2D eigenvalue weighted by Crippen LogP contribution is -2.36. The van der Waals surface area contributed by atoms with Crippen molar-refractivity contribution in [1.29, 1.82) is 0 Å². The van der Waals surface area contributed by atoms with E-state index in [1.807, 2.05) is 29.2 Å². The highest BCUT2D eigenvalue weighted by atomic mass is 16.6. The fraction of sp³-hybridized carbons (Fsp3) is 0.278. The summed E-state index contributed by atoms with van der Waals surface area (Å²) < 4.78 is 11.2. The summed E-state index contributed by atoms with van der Waals surface area (Å²) in [5, 5.41) is 0. The first-order chi connectivity index (χ1) is 10.8. The van der Waals surface area contributed by atoms with Gasteiger partial charge in [0.1, 0.15) is 13.2 Å². The number of ether oxygens (including phenoxy) is 2. The lowest BCUT2D eigenvalue weighted by Gasteiger charge is -2.30. The van der Waals surface area contributed by atoms with Gasteiger partial charge < -0.3 is 14.4 Å². The van der Waals surface area contributed by atoms with Crippen molar-refractivity contribution in [3.05, 3.63) is 59.2 Å². The van der Waals surface area contributed by atoms with Gasteiger partial charge in [0.25, 0.3) is 5.91 Å². The smallest absolute Gasteiger partial charge is 0.258 e. The maximum atomic E-state index is 12.9. The molecule has 4 heteroatoms. The summed E-state index contributed by atoms with van der Waals surface area (Å²) in [5.41, 5.74) is 3.15. The number of amides is 1. The van der Waals surface area contributed by atoms with Crippen molar-refractivity contribution in [1.82, 2.24) is 4.90 Å². The summed E-state index contributed by atoms with van der Waals surface area (Å²) in [7, 11) is 0. The van der Waals surface area contributed by atoms with Gasteiger partial charge in [-0.25, -0.2) is 0 Å². The minimum atomic E-state index is 0.0110. The van der Waals surface area contributed by atoms with E-state index in [1.54, 1.807) is 0 Å². The van der Waals surface area contributed by atoms with Crippen molar-refractivity contribution in [3.63, 3.8) is 0 Å². The molecule has 2 aliphatic heterocycles. The molecule has 0 atom stereocenters. The van der Waals surface area contributed by atoms with Crippen molar-refractivity contribution in [2.24, 2.45) is 0 Å². The summed E-state index contributed by atoms with van der Waals surface area (Å²) in [6.45, 7) is 2.40. The number of carbonyl (C=O) groups is 1. The lowest BCUT2D eigenvalue weighted by atomic mass is 9.99. The second kappa shape index (κ2) is 5.37. The standard InChI is InChI=1S/C18H17NO3/c20-18(15-6-3-7-16-17(15)22-11-10-21-16)19-9-8-13-4-1-2-5-14(13)12-19/h1-7H,8-12H2. The topological polar surface area (TPSA) is 38.8 Å². The van der Waals surface area contributed by atoms with Crippen LogP contribution in [0.3, 0.4) is 0 Å². The Bertz CT molecular complexity index is 726. The Labute approximate surface area is 129 Å². The molecule has 2 aromatic carbocycles. The van der Waals surface area contributed by atoms with Crippen LogP contribution in [0.25, 0.3) is 0 Å². The molecule has 0 spiro atoms. The molecule has 0 bridgehead atoms. The third-order valence-corrected chi connectivity index (χ3v) is 4.21. The van der Waals surface area contributed by atoms with Crippen molar-refractivity contribution >= 4 is 5.91 Å². The van der Waals surface area contributed by atoms with Gasteiger partial charge in [-0.15, -0.1) is 0 Å². The Morgan fingerprint density at radius 3 is 2.68 bits per heavy atom. The minimum Gasteiger partial charge on any atom is -0.486 e. The predicted octanol–water partition coefficient (Wildman–Crippen LogP) is 2.66. The number of nitrogens with zero attached hydrogens (tertiary/aromatic N) is 1. The zero-order chi connectivity index (χ0) is 14.9. The van der Waals surface area contributed by atoms with Gasteiger partial charge in [0.15, 0.2) is 11.5 Å². The molecule has 0 N–H and O–H groups in total. The average molecular weight is 295 g/mol. The van der Waals surface area contributed by atoms with Crippen molar-refractivity contribution in [3.8, 4) is 11.5 Å². The Morgan fingerprint density at radius 1 is 0.955 bits per heavy atom. The first-order valence-electron chi connectivity index (χ1n) is 7.57. The number of rotatable bonds is 1. The normalized spacial score (nSPS) is 16.1. The molecule has 0 aliphatic carbocycles. The molecule has 0 saturated carbocycles. The zero-order valence-corrected chi connectivity index (χ0v) is 12.2. The van der Waals surface area contributed by atoms with E-state index in [2.05, 4.69) is 18.2 Å². The number of hydrogen-bond donors (Lipinski definition) is 0. The summed E-state index contributed by atoms with van der Waals surface area (Å²) in [6.07, 6.45) is 0.897. The molecule has 0 fully saturated rings. The molecule has 4 rings (SSSR count). The fourth-order valence-electron chi connectivity index (χ4n) is 3.08. The van der Waals surface area contributed by atoms with Gasteiger partial charge >= 0.3 is 0 Å². The molecule has 0 radical (unpaired) electrons. The number of carbonyl (C=O) groups excluding carboxylic acids is 1. The van der Waals surface area contributed by atoms with Gasteiger partial charge in [-0.1, -0.05) is 30.3 Å². The van der Waals surface area contributed by atoms with Crippen LogP contribution in [-0.2, 0) is 13.0 Å². The molecular weight excluding hydrogens is 278 g/mol. The quantitative estimate of drug-likeness (QED) is 0.812. The highest BCUT2D eigenvalue weighted by Crippen LogP contribution is 2.35. The van der Waals surface area contributed by atoms with E-state index in [4.69, 9.17) is 9.47 Å². The first kappa shape index (κ1) is 13.2. The minimum absolute atomic E-state index is 0.0110. The molecular formula is C18H17NO3. The Hall–Kier alpha value is -2.49. The number of benzene rings is 2. The average Bonchev–Trinajstić information content (AvgIpc) is 2.60. The summed E-state index contributed by atoms with van der Waals surface area (Å²) in [5.74, 6) is 1.25. The van der Waals surface area contributed by atoms with Crippen molar-refractivity contribution in [2.75, 3.05) is 19.8 Å². The molecule has 1 amide bonds. The van der Waals surface area contributed by atoms with E-state index < -0.39 is 0 Å². The lowest BCUT2D eigenvalue weighted by molar-refractivity contribution is 0.0724. The van der Waals surface area contributed by atoms with Crippen LogP contribution in [0, 0.1) is 0 Å². The van der Waals surface area contributed by atoms with Crippen LogP contribution in [0.5, 0.6) is 11.5 Å². The maximum absolute atomic E-state index is 12.9. The molecule has 0 aromatic heterocycles. The van der Waals surface area contributed by atoms with Crippen molar-refractivity contribution in [2.45, 2.75) is 13.0 Å². The predicted molar refractivity (Wildman–Crippen MR) is 82.3 cm³/mol. The fourth-order valence-corrected chi connectivity index (χ4v) is 3.08. The molecule has 2 aromatic rings. The van der Waals surface area contributed by atoms with Crippen LogP contribution in [0.1, 0.15) is 21.5 Å². The van der Waals surface area contributed by atoms with E-state index in [0.29, 0.717) is 36.8 Å². The van der Waals surface area contributed by atoms with E-state index >= 15 is 0 Å².